The minimum atomic E-state index is -0.587. The molecule has 0 unspecified atom stereocenters. The lowest BCUT2D eigenvalue weighted by Gasteiger charge is -2.09. The number of rotatable bonds is 9. The minimum Gasteiger partial charge on any atom is -0.482 e. The van der Waals surface area contributed by atoms with Crippen LogP contribution < -0.4 is 10.1 Å². The third kappa shape index (κ3) is 6.07. The van der Waals surface area contributed by atoms with Crippen molar-refractivity contribution in [2.45, 2.75) is 26.8 Å². The van der Waals surface area contributed by atoms with E-state index in [1.54, 1.807) is 6.07 Å². The van der Waals surface area contributed by atoms with Gasteiger partial charge in [-0.05, 0) is 49.2 Å². The second kappa shape index (κ2) is 9.73. The minimum absolute atomic E-state index is 0.246. The molecule has 3 rings (SSSR count). The Labute approximate surface area is 169 Å². The molecule has 0 aliphatic carbocycles. The molecular formula is C22H25N3O4. The lowest BCUT2D eigenvalue weighted by Crippen LogP contribution is -2.31. The highest BCUT2D eigenvalue weighted by Gasteiger charge is 2.09. The Morgan fingerprint density at radius 1 is 1.03 bits per heavy atom. The quantitative estimate of drug-likeness (QED) is 0.445. The smallest absolute Gasteiger partial charge is 0.344 e. The van der Waals surface area contributed by atoms with Crippen LogP contribution in [0.5, 0.6) is 5.75 Å². The number of nitrogens with one attached hydrogen (secondary N) is 1. The molecule has 0 radical (unpaired) electrons. The predicted molar refractivity (Wildman–Crippen MR) is 110 cm³/mol. The summed E-state index contributed by atoms with van der Waals surface area (Å²) < 4.78 is 12.3. The fourth-order valence-electron chi connectivity index (χ4n) is 3.00. The molecule has 0 atom stereocenters. The lowest BCUT2D eigenvalue weighted by atomic mass is 10.1. The van der Waals surface area contributed by atoms with Crippen LogP contribution >= 0.6 is 0 Å². The number of aromatic nitrogens is 2. The van der Waals surface area contributed by atoms with Gasteiger partial charge in [0.1, 0.15) is 5.75 Å². The number of carbonyl (C=O) groups excluding carboxylic acids is 2. The molecule has 0 aliphatic rings. The third-order valence-corrected chi connectivity index (χ3v) is 4.41. The third-order valence-electron chi connectivity index (χ3n) is 4.41. The predicted octanol–water partition coefficient (Wildman–Crippen LogP) is 2.78. The van der Waals surface area contributed by atoms with E-state index in [-0.39, 0.29) is 19.1 Å². The highest BCUT2D eigenvalue weighted by atomic mass is 16.6. The van der Waals surface area contributed by atoms with Gasteiger partial charge < -0.3 is 14.8 Å². The number of carbonyl (C=O) groups is 2. The van der Waals surface area contributed by atoms with Crippen LogP contribution in [-0.2, 0) is 20.9 Å². The van der Waals surface area contributed by atoms with E-state index >= 15 is 0 Å². The maximum Gasteiger partial charge on any atom is 0.344 e. The SMILES string of the molecule is Cc1cc(C)n(CCCNC(=O)COC(=O)COc2ccc3ccccc3c2)n1. The molecule has 0 fully saturated rings. The molecule has 29 heavy (non-hydrogen) atoms. The fraction of sp³-hybridized carbons (Fsp3) is 0.318. The van der Waals surface area contributed by atoms with Crippen molar-refractivity contribution in [3.05, 3.63) is 59.9 Å². The van der Waals surface area contributed by atoms with Gasteiger partial charge in [0.25, 0.3) is 5.91 Å². The summed E-state index contributed by atoms with van der Waals surface area (Å²) >= 11 is 0. The van der Waals surface area contributed by atoms with Crippen LogP contribution in [0.3, 0.4) is 0 Å². The molecule has 0 bridgehead atoms. The number of aryl methyl sites for hydroxylation is 3. The average molecular weight is 395 g/mol. The Hall–Kier alpha value is -3.35. The standard InChI is InChI=1S/C22H25N3O4/c1-16-12-17(2)25(24-16)11-5-10-23-21(26)14-29-22(27)15-28-20-9-8-18-6-3-4-7-19(18)13-20/h3-4,6-9,12-13H,5,10-11,14-15H2,1-2H3,(H,23,26). The molecule has 1 N–H and O–H groups in total. The van der Waals surface area contributed by atoms with Gasteiger partial charge >= 0.3 is 5.97 Å². The first-order valence-corrected chi connectivity index (χ1v) is 9.56. The Morgan fingerprint density at radius 2 is 1.83 bits per heavy atom. The molecule has 0 saturated carbocycles. The molecular weight excluding hydrogens is 370 g/mol. The zero-order chi connectivity index (χ0) is 20.6. The van der Waals surface area contributed by atoms with Gasteiger partial charge in [0.05, 0.1) is 5.69 Å². The van der Waals surface area contributed by atoms with Gasteiger partial charge in [-0.2, -0.15) is 5.10 Å². The number of fused-ring (bicyclic) bond motifs is 1. The second-order valence-corrected chi connectivity index (χ2v) is 6.81. The number of esters is 1. The van der Waals surface area contributed by atoms with Crippen molar-refractivity contribution in [1.82, 2.24) is 15.1 Å². The Bertz CT molecular complexity index is 997. The summed E-state index contributed by atoms with van der Waals surface area (Å²) in [6.45, 7) is 4.59. The van der Waals surface area contributed by atoms with E-state index in [9.17, 15) is 9.59 Å². The van der Waals surface area contributed by atoms with Crippen molar-refractivity contribution in [1.29, 1.82) is 0 Å². The van der Waals surface area contributed by atoms with Crippen molar-refractivity contribution in [3.8, 4) is 5.75 Å². The van der Waals surface area contributed by atoms with Gasteiger partial charge in [0, 0.05) is 18.8 Å². The van der Waals surface area contributed by atoms with Crippen molar-refractivity contribution in [3.63, 3.8) is 0 Å². The van der Waals surface area contributed by atoms with Crippen LogP contribution in [0.2, 0.25) is 0 Å². The lowest BCUT2D eigenvalue weighted by molar-refractivity contribution is -0.150. The first kappa shape index (κ1) is 20.4. The zero-order valence-corrected chi connectivity index (χ0v) is 16.7. The molecule has 7 nitrogen and oxygen atoms in total. The highest BCUT2D eigenvalue weighted by Crippen LogP contribution is 2.20. The van der Waals surface area contributed by atoms with E-state index in [1.807, 2.05) is 61.0 Å². The summed E-state index contributed by atoms with van der Waals surface area (Å²) in [4.78, 5) is 23.6. The van der Waals surface area contributed by atoms with E-state index in [0.717, 1.165) is 35.1 Å². The Kier molecular flexibility index (Phi) is 6.84. The Morgan fingerprint density at radius 3 is 2.59 bits per heavy atom. The molecule has 1 aromatic heterocycles. The van der Waals surface area contributed by atoms with Gasteiger partial charge in [0.15, 0.2) is 13.2 Å². The molecule has 7 heteroatoms. The highest BCUT2D eigenvalue weighted by molar-refractivity contribution is 5.84. The van der Waals surface area contributed by atoms with Gasteiger partial charge in [-0.3, -0.25) is 9.48 Å². The molecule has 0 aliphatic heterocycles. The number of ether oxygens (including phenoxy) is 2. The summed E-state index contributed by atoms with van der Waals surface area (Å²) in [6, 6.07) is 15.5. The van der Waals surface area contributed by atoms with Crippen molar-refractivity contribution in [2.24, 2.45) is 0 Å². The van der Waals surface area contributed by atoms with E-state index in [0.29, 0.717) is 12.3 Å². The van der Waals surface area contributed by atoms with Crippen LogP contribution in [0.15, 0.2) is 48.5 Å². The largest absolute Gasteiger partial charge is 0.482 e. The summed E-state index contributed by atoms with van der Waals surface area (Å²) in [5, 5.41) is 9.22. The van der Waals surface area contributed by atoms with E-state index in [4.69, 9.17) is 9.47 Å². The summed E-state index contributed by atoms with van der Waals surface area (Å²) in [5.41, 5.74) is 2.07. The first-order valence-electron chi connectivity index (χ1n) is 9.56. The zero-order valence-electron chi connectivity index (χ0n) is 16.7. The number of amides is 1. The number of hydrogen-bond acceptors (Lipinski definition) is 5. The molecule has 0 saturated heterocycles. The molecule has 152 valence electrons. The number of benzene rings is 2. The second-order valence-electron chi connectivity index (χ2n) is 6.81. The van der Waals surface area contributed by atoms with E-state index < -0.39 is 5.97 Å². The normalized spacial score (nSPS) is 10.7. The van der Waals surface area contributed by atoms with Crippen LogP contribution in [0.25, 0.3) is 10.8 Å². The average Bonchev–Trinajstić information content (AvgIpc) is 3.04. The summed E-state index contributed by atoms with van der Waals surface area (Å²) in [6.07, 6.45) is 0.743. The molecule has 1 heterocycles. The molecule has 0 spiro atoms. The van der Waals surface area contributed by atoms with Gasteiger partial charge in [0.2, 0.25) is 0 Å². The van der Waals surface area contributed by atoms with Crippen LogP contribution in [0.4, 0.5) is 0 Å². The molecule has 1 amide bonds. The number of hydrogen-bond donors (Lipinski definition) is 1. The van der Waals surface area contributed by atoms with Gasteiger partial charge in [-0.25, -0.2) is 4.79 Å². The van der Waals surface area contributed by atoms with Gasteiger partial charge in [-0.1, -0.05) is 30.3 Å². The van der Waals surface area contributed by atoms with Crippen LogP contribution in [-0.4, -0.2) is 41.4 Å². The van der Waals surface area contributed by atoms with Crippen LogP contribution in [0, 0.1) is 13.8 Å². The molecule has 3 aromatic rings. The maximum atomic E-state index is 11.8. The number of nitrogens with zero attached hydrogens (tertiary/aromatic N) is 2. The monoisotopic (exact) mass is 395 g/mol. The summed E-state index contributed by atoms with van der Waals surface area (Å²) in [5.74, 6) is -0.345. The maximum absolute atomic E-state index is 11.8. The van der Waals surface area contributed by atoms with Crippen molar-refractivity contribution < 1.29 is 19.1 Å². The fourth-order valence-corrected chi connectivity index (χ4v) is 3.00. The first-order chi connectivity index (χ1) is 14.0. The van der Waals surface area contributed by atoms with Crippen molar-refractivity contribution in [2.75, 3.05) is 19.8 Å². The molecule has 2 aromatic carbocycles. The van der Waals surface area contributed by atoms with Crippen molar-refractivity contribution >= 4 is 22.6 Å². The Balaban J connectivity index is 1.32. The van der Waals surface area contributed by atoms with E-state index in [2.05, 4.69) is 10.4 Å². The summed E-state index contributed by atoms with van der Waals surface area (Å²) in [7, 11) is 0. The topological polar surface area (TPSA) is 82.5 Å². The van der Waals surface area contributed by atoms with Crippen LogP contribution in [0.1, 0.15) is 17.8 Å². The van der Waals surface area contributed by atoms with Gasteiger partial charge in [-0.15, -0.1) is 0 Å². The van der Waals surface area contributed by atoms with E-state index in [1.165, 1.54) is 0 Å².